The Kier molecular flexibility index (Phi) is 7.00. The van der Waals surface area contributed by atoms with Crippen LogP contribution in [0.1, 0.15) is 5.56 Å². The van der Waals surface area contributed by atoms with E-state index in [-0.39, 0.29) is 5.91 Å². The highest BCUT2D eigenvalue weighted by Crippen LogP contribution is 2.38. The summed E-state index contributed by atoms with van der Waals surface area (Å²) in [5.41, 5.74) is 0.700. The number of hydrogen-bond acceptors (Lipinski definition) is 7. The number of benzene rings is 2. The van der Waals surface area contributed by atoms with E-state index in [1.165, 1.54) is 11.8 Å². The van der Waals surface area contributed by atoms with Crippen molar-refractivity contribution in [3.63, 3.8) is 0 Å². The van der Waals surface area contributed by atoms with Gasteiger partial charge in [0.1, 0.15) is 22.4 Å². The molecule has 6 nitrogen and oxygen atoms in total. The fourth-order valence-electron chi connectivity index (χ4n) is 2.77. The van der Waals surface area contributed by atoms with Gasteiger partial charge in [0.2, 0.25) is 0 Å². The maximum Gasteiger partial charge on any atom is 0.266 e. The molecule has 0 saturated carbocycles. The predicted octanol–water partition coefficient (Wildman–Crippen LogP) is 3.99. The summed E-state index contributed by atoms with van der Waals surface area (Å²) in [4.78, 5) is 14.9. The average Bonchev–Trinajstić information content (AvgIpc) is 3.01. The van der Waals surface area contributed by atoms with Crippen LogP contribution in [0.3, 0.4) is 0 Å². The Bertz CT molecular complexity index is 930. The second-order valence-electron chi connectivity index (χ2n) is 5.94. The first kappa shape index (κ1) is 21.0. The van der Waals surface area contributed by atoms with Gasteiger partial charge in [-0.1, -0.05) is 42.2 Å². The van der Waals surface area contributed by atoms with Gasteiger partial charge in [0.25, 0.3) is 5.91 Å². The van der Waals surface area contributed by atoms with Crippen molar-refractivity contribution < 1.29 is 23.7 Å². The van der Waals surface area contributed by atoms with Gasteiger partial charge in [0.15, 0.2) is 11.5 Å². The van der Waals surface area contributed by atoms with E-state index in [4.69, 9.17) is 31.2 Å². The Morgan fingerprint density at radius 3 is 2.31 bits per heavy atom. The lowest BCUT2D eigenvalue weighted by Gasteiger charge is -2.15. The number of rotatable bonds is 8. The Morgan fingerprint density at radius 2 is 1.66 bits per heavy atom. The van der Waals surface area contributed by atoms with Crippen LogP contribution in [0.2, 0.25) is 0 Å². The predicted molar refractivity (Wildman–Crippen MR) is 118 cm³/mol. The SMILES string of the molecule is COc1cc(OC)c(OC)cc1/C=C1\SC(=S)N(CCOc2ccccc2)C1=O. The summed E-state index contributed by atoms with van der Waals surface area (Å²) in [5.74, 6) is 2.26. The van der Waals surface area contributed by atoms with Crippen molar-refractivity contribution in [2.75, 3.05) is 34.5 Å². The second kappa shape index (κ2) is 9.67. The lowest BCUT2D eigenvalue weighted by molar-refractivity contribution is -0.122. The fourth-order valence-corrected chi connectivity index (χ4v) is 4.07. The number of carbonyl (C=O) groups excluding carboxylic acids is 1. The van der Waals surface area contributed by atoms with E-state index in [0.29, 0.717) is 45.2 Å². The number of thiocarbonyl (C=S) groups is 1. The van der Waals surface area contributed by atoms with Gasteiger partial charge in [0.05, 0.1) is 32.8 Å². The number of thioether (sulfide) groups is 1. The van der Waals surface area contributed by atoms with Crippen LogP contribution >= 0.6 is 24.0 Å². The van der Waals surface area contributed by atoms with Gasteiger partial charge >= 0.3 is 0 Å². The molecule has 29 heavy (non-hydrogen) atoms. The highest BCUT2D eigenvalue weighted by molar-refractivity contribution is 8.26. The van der Waals surface area contributed by atoms with Crippen LogP contribution in [-0.2, 0) is 4.79 Å². The monoisotopic (exact) mass is 431 g/mol. The number of nitrogens with zero attached hydrogens (tertiary/aromatic N) is 1. The largest absolute Gasteiger partial charge is 0.496 e. The van der Waals surface area contributed by atoms with Crippen LogP contribution in [0.4, 0.5) is 0 Å². The number of carbonyl (C=O) groups is 1. The summed E-state index contributed by atoms with van der Waals surface area (Å²) in [7, 11) is 4.67. The third kappa shape index (κ3) is 4.83. The van der Waals surface area contributed by atoms with E-state index in [2.05, 4.69) is 0 Å². The molecule has 3 rings (SSSR count). The van der Waals surface area contributed by atoms with Crippen molar-refractivity contribution >= 4 is 40.3 Å². The Labute approximate surface area is 179 Å². The number of ether oxygens (including phenoxy) is 4. The fraction of sp³-hybridized carbons (Fsp3) is 0.238. The highest BCUT2D eigenvalue weighted by Gasteiger charge is 2.32. The lowest BCUT2D eigenvalue weighted by Crippen LogP contribution is -2.32. The zero-order valence-corrected chi connectivity index (χ0v) is 18.0. The minimum absolute atomic E-state index is 0.159. The van der Waals surface area contributed by atoms with Gasteiger partial charge in [-0.05, 0) is 24.3 Å². The maximum atomic E-state index is 12.8. The molecule has 0 aliphatic carbocycles. The maximum absolute atomic E-state index is 12.8. The topological polar surface area (TPSA) is 57.2 Å². The van der Waals surface area contributed by atoms with E-state index < -0.39 is 0 Å². The van der Waals surface area contributed by atoms with Gasteiger partial charge in [0, 0.05) is 11.6 Å². The Hall–Kier alpha value is -2.71. The van der Waals surface area contributed by atoms with Crippen molar-refractivity contribution in [3.05, 3.63) is 52.9 Å². The third-order valence-electron chi connectivity index (χ3n) is 4.22. The number of amides is 1. The van der Waals surface area contributed by atoms with Crippen LogP contribution in [0.15, 0.2) is 47.4 Å². The van der Waals surface area contributed by atoms with Crippen molar-refractivity contribution in [2.45, 2.75) is 0 Å². The van der Waals surface area contributed by atoms with Gasteiger partial charge in [-0.15, -0.1) is 0 Å². The molecule has 2 aromatic carbocycles. The average molecular weight is 432 g/mol. The van der Waals surface area contributed by atoms with Crippen LogP contribution in [-0.4, -0.2) is 49.6 Å². The molecular weight excluding hydrogens is 410 g/mol. The smallest absolute Gasteiger partial charge is 0.266 e. The van der Waals surface area contributed by atoms with Crippen molar-refractivity contribution in [1.82, 2.24) is 4.90 Å². The van der Waals surface area contributed by atoms with Crippen LogP contribution < -0.4 is 18.9 Å². The number of para-hydroxylation sites is 1. The molecule has 1 aliphatic heterocycles. The zero-order valence-electron chi connectivity index (χ0n) is 16.3. The lowest BCUT2D eigenvalue weighted by atomic mass is 10.1. The summed E-state index contributed by atoms with van der Waals surface area (Å²) in [6.45, 7) is 0.726. The summed E-state index contributed by atoms with van der Waals surface area (Å²) >= 11 is 6.64. The second-order valence-corrected chi connectivity index (χ2v) is 7.62. The standard InChI is InChI=1S/C21H21NO5S2/c1-24-16-13-18(26-3)17(25-2)11-14(16)12-19-20(23)22(21(28)29-19)9-10-27-15-7-5-4-6-8-15/h4-8,11-13H,9-10H2,1-3H3/b19-12-. The number of hydrogen-bond donors (Lipinski definition) is 0. The Balaban J connectivity index is 1.75. The molecule has 152 valence electrons. The van der Waals surface area contributed by atoms with E-state index >= 15 is 0 Å². The normalized spacial score (nSPS) is 15.0. The molecule has 1 amide bonds. The molecule has 0 bridgehead atoms. The van der Waals surface area contributed by atoms with E-state index in [1.807, 2.05) is 30.3 Å². The molecule has 1 heterocycles. The van der Waals surface area contributed by atoms with Crippen molar-refractivity contribution in [2.24, 2.45) is 0 Å². The first-order valence-electron chi connectivity index (χ1n) is 8.80. The molecular formula is C21H21NO5S2. The molecule has 0 N–H and O–H groups in total. The molecule has 1 saturated heterocycles. The zero-order chi connectivity index (χ0) is 20.8. The molecule has 8 heteroatoms. The molecule has 1 aliphatic rings. The van der Waals surface area contributed by atoms with Gasteiger partial charge < -0.3 is 18.9 Å². The highest BCUT2D eigenvalue weighted by atomic mass is 32.2. The first-order chi connectivity index (χ1) is 14.1. The summed E-state index contributed by atoms with van der Waals surface area (Å²) in [6.07, 6.45) is 1.75. The molecule has 0 atom stereocenters. The number of methoxy groups -OCH3 is 3. The summed E-state index contributed by atoms with van der Waals surface area (Å²) in [6, 6.07) is 12.9. The van der Waals surface area contributed by atoms with E-state index in [9.17, 15) is 4.79 Å². The van der Waals surface area contributed by atoms with Gasteiger partial charge in [-0.2, -0.15) is 0 Å². The van der Waals surface area contributed by atoms with Crippen LogP contribution in [0.5, 0.6) is 23.0 Å². The summed E-state index contributed by atoms with van der Waals surface area (Å²) in [5, 5.41) is 0. The van der Waals surface area contributed by atoms with E-state index in [0.717, 1.165) is 5.75 Å². The first-order valence-corrected chi connectivity index (χ1v) is 10.0. The molecule has 0 unspecified atom stereocenters. The minimum Gasteiger partial charge on any atom is -0.496 e. The van der Waals surface area contributed by atoms with E-state index in [1.54, 1.807) is 44.4 Å². The van der Waals surface area contributed by atoms with Crippen molar-refractivity contribution in [3.8, 4) is 23.0 Å². The summed E-state index contributed by atoms with van der Waals surface area (Å²) < 4.78 is 22.3. The molecule has 0 radical (unpaired) electrons. The molecule has 2 aromatic rings. The quantitative estimate of drug-likeness (QED) is 0.463. The molecule has 1 fully saturated rings. The molecule has 0 spiro atoms. The van der Waals surface area contributed by atoms with Crippen LogP contribution in [0.25, 0.3) is 6.08 Å². The molecule has 0 aromatic heterocycles. The van der Waals surface area contributed by atoms with Gasteiger partial charge in [-0.25, -0.2) is 0 Å². The Morgan fingerprint density at radius 1 is 1.00 bits per heavy atom. The van der Waals surface area contributed by atoms with Crippen LogP contribution in [0, 0.1) is 0 Å². The third-order valence-corrected chi connectivity index (χ3v) is 5.60. The van der Waals surface area contributed by atoms with Gasteiger partial charge in [-0.3, -0.25) is 9.69 Å². The van der Waals surface area contributed by atoms with Crippen molar-refractivity contribution in [1.29, 1.82) is 0 Å². The minimum atomic E-state index is -0.159.